The maximum absolute atomic E-state index is 11.9. The molecule has 0 atom stereocenters. The summed E-state index contributed by atoms with van der Waals surface area (Å²) < 4.78 is 0. The molecule has 1 saturated carbocycles. The second-order valence-corrected chi connectivity index (χ2v) is 4.47. The largest absolute Gasteiger partial charge is 0.373 e. The summed E-state index contributed by atoms with van der Waals surface area (Å²) in [6.45, 7) is 3.79. The van der Waals surface area contributed by atoms with Gasteiger partial charge in [0, 0.05) is 0 Å². The van der Waals surface area contributed by atoms with E-state index >= 15 is 0 Å². The lowest BCUT2D eigenvalue weighted by Crippen LogP contribution is -2.11. The zero-order valence-electron chi connectivity index (χ0n) is 10.3. The number of aryl methyl sites for hydroxylation is 2. The highest BCUT2D eigenvalue weighted by atomic mass is 17.2. The highest BCUT2D eigenvalue weighted by Crippen LogP contribution is 2.28. The van der Waals surface area contributed by atoms with Gasteiger partial charge in [-0.1, -0.05) is 31.0 Å². The summed E-state index contributed by atoms with van der Waals surface area (Å²) in [5.74, 6) is -0.403. The van der Waals surface area contributed by atoms with Crippen LogP contribution < -0.4 is 0 Å². The van der Waals surface area contributed by atoms with E-state index in [1.165, 1.54) is 0 Å². The van der Waals surface area contributed by atoms with Gasteiger partial charge in [-0.3, -0.25) is 4.89 Å². The van der Waals surface area contributed by atoms with Gasteiger partial charge in [-0.2, -0.15) is 4.89 Å². The Hall–Kier alpha value is -1.35. The molecule has 0 spiro atoms. The molecule has 1 aromatic carbocycles. The first-order chi connectivity index (χ1) is 8.18. The summed E-state index contributed by atoms with van der Waals surface area (Å²) in [7, 11) is 0. The number of carbonyl (C=O) groups is 1. The predicted molar refractivity (Wildman–Crippen MR) is 64.1 cm³/mol. The molecule has 2 rings (SSSR count). The molecule has 0 bridgehead atoms. The Labute approximate surface area is 102 Å². The number of hydrogen-bond donors (Lipinski definition) is 0. The van der Waals surface area contributed by atoms with Gasteiger partial charge in [0.15, 0.2) is 0 Å². The van der Waals surface area contributed by atoms with Gasteiger partial charge in [-0.05, 0) is 37.8 Å². The van der Waals surface area contributed by atoms with E-state index in [-0.39, 0.29) is 0 Å². The molecule has 1 aliphatic rings. The molecule has 1 radical (unpaired) electrons. The van der Waals surface area contributed by atoms with Crippen LogP contribution in [0.2, 0.25) is 0 Å². The molecule has 0 aromatic heterocycles. The smallest absolute Gasteiger partial charge is 0.292 e. The minimum Gasteiger partial charge on any atom is -0.292 e. The fourth-order valence-corrected chi connectivity index (χ4v) is 2.13. The molecule has 0 heterocycles. The van der Waals surface area contributed by atoms with Gasteiger partial charge in [0.2, 0.25) is 0 Å². The van der Waals surface area contributed by atoms with Crippen LogP contribution in [0.5, 0.6) is 0 Å². The van der Waals surface area contributed by atoms with E-state index in [1.54, 1.807) is 0 Å². The minimum absolute atomic E-state index is 0.403. The molecular formula is C14H17O3. The van der Waals surface area contributed by atoms with Gasteiger partial charge >= 0.3 is 5.97 Å². The fraction of sp³-hybridized carbons (Fsp3) is 0.429. The molecule has 0 unspecified atom stereocenters. The second kappa shape index (κ2) is 5.32. The number of carbonyl (C=O) groups excluding carboxylic acids is 1. The molecule has 1 fully saturated rings. The highest BCUT2D eigenvalue weighted by molar-refractivity contribution is 5.92. The SMILES string of the molecule is Cc1cccc(C)c1C(=O)OO[C]1CCCC1. The van der Waals surface area contributed by atoms with Crippen molar-refractivity contribution in [1.82, 2.24) is 0 Å². The van der Waals surface area contributed by atoms with E-state index in [0.717, 1.165) is 42.9 Å². The van der Waals surface area contributed by atoms with Gasteiger partial charge in [0.1, 0.15) is 6.10 Å². The van der Waals surface area contributed by atoms with Crippen molar-refractivity contribution < 1.29 is 14.6 Å². The summed E-state index contributed by atoms with van der Waals surface area (Å²) in [6.07, 6.45) is 4.93. The Bertz CT molecular complexity index is 386. The summed E-state index contributed by atoms with van der Waals surface area (Å²) in [6, 6.07) is 5.71. The van der Waals surface area contributed by atoms with Crippen molar-refractivity contribution in [1.29, 1.82) is 0 Å². The highest BCUT2D eigenvalue weighted by Gasteiger charge is 2.21. The van der Waals surface area contributed by atoms with E-state index in [0.29, 0.717) is 5.56 Å². The molecule has 1 aliphatic carbocycles. The van der Waals surface area contributed by atoms with Gasteiger partial charge in [-0.15, -0.1) is 0 Å². The molecule has 1 aromatic rings. The lowest BCUT2D eigenvalue weighted by Gasteiger charge is -2.10. The third-order valence-electron chi connectivity index (χ3n) is 3.08. The molecule has 17 heavy (non-hydrogen) atoms. The topological polar surface area (TPSA) is 35.5 Å². The molecule has 3 heteroatoms. The lowest BCUT2D eigenvalue weighted by atomic mass is 10.0. The summed E-state index contributed by atoms with van der Waals surface area (Å²) in [5, 5.41) is 0. The number of rotatable bonds is 3. The second-order valence-electron chi connectivity index (χ2n) is 4.47. The van der Waals surface area contributed by atoms with Crippen LogP contribution >= 0.6 is 0 Å². The molecule has 0 N–H and O–H groups in total. The van der Waals surface area contributed by atoms with Crippen LogP contribution in [0.3, 0.4) is 0 Å². The molecule has 0 saturated heterocycles. The number of benzene rings is 1. The van der Waals surface area contributed by atoms with Crippen molar-refractivity contribution in [3.63, 3.8) is 0 Å². The summed E-state index contributed by atoms with van der Waals surface area (Å²) >= 11 is 0. The maximum Gasteiger partial charge on any atom is 0.373 e. The van der Waals surface area contributed by atoms with Crippen molar-refractivity contribution in [2.24, 2.45) is 0 Å². The van der Waals surface area contributed by atoms with E-state index < -0.39 is 5.97 Å². The molecule has 0 amide bonds. The Kier molecular flexibility index (Phi) is 3.79. The lowest BCUT2D eigenvalue weighted by molar-refractivity contribution is -0.234. The normalized spacial score (nSPS) is 16.1. The third kappa shape index (κ3) is 2.86. The van der Waals surface area contributed by atoms with Crippen molar-refractivity contribution in [3.8, 4) is 0 Å². The van der Waals surface area contributed by atoms with Crippen molar-refractivity contribution in [2.45, 2.75) is 39.5 Å². The van der Waals surface area contributed by atoms with Gasteiger partial charge in [0.25, 0.3) is 0 Å². The van der Waals surface area contributed by atoms with E-state index in [1.807, 2.05) is 32.0 Å². The monoisotopic (exact) mass is 233 g/mol. The third-order valence-corrected chi connectivity index (χ3v) is 3.08. The first-order valence-corrected chi connectivity index (χ1v) is 5.98. The zero-order valence-corrected chi connectivity index (χ0v) is 10.3. The first-order valence-electron chi connectivity index (χ1n) is 5.98. The zero-order chi connectivity index (χ0) is 12.3. The molecule has 0 aliphatic heterocycles. The van der Waals surface area contributed by atoms with Gasteiger partial charge in [-0.25, -0.2) is 4.79 Å². The minimum atomic E-state index is -0.403. The summed E-state index contributed by atoms with van der Waals surface area (Å²) in [4.78, 5) is 21.9. The van der Waals surface area contributed by atoms with Crippen molar-refractivity contribution in [3.05, 3.63) is 41.0 Å². The molecule has 3 nitrogen and oxygen atoms in total. The van der Waals surface area contributed by atoms with Crippen molar-refractivity contribution >= 4 is 5.97 Å². The standard InChI is InChI=1S/C14H17O3/c1-10-6-5-7-11(2)13(10)14(15)17-16-12-8-3-4-9-12/h5-7H,3-4,8-9H2,1-2H3. The van der Waals surface area contributed by atoms with Crippen LogP contribution in [0.25, 0.3) is 0 Å². The first kappa shape index (κ1) is 12.1. The average Bonchev–Trinajstić information content (AvgIpc) is 2.79. The Morgan fingerprint density at radius 3 is 2.29 bits per heavy atom. The van der Waals surface area contributed by atoms with Crippen molar-refractivity contribution in [2.75, 3.05) is 0 Å². The summed E-state index contributed by atoms with van der Waals surface area (Å²) in [5.41, 5.74) is 2.43. The van der Waals surface area contributed by atoms with E-state index in [2.05, 4.69) is 0 Å². The van der Waals surface area contributed by atoms with Gasteiger partial charge in [0.05, 0.1) is 5.56 Å². The number of hydrogen-bond acceptors (Lipinski definition) is 3. The Morgan fingerprint density at radius 2 is 1.71 bits per heavy atom. The predicted octanol–water partition coefficient (Wildman–Crippen LogP) is 3.50. The molecular weight excluding hydrogens is 216 g/mol. The van der Waals surface area contributed by atoms with Crippen LogP contribution in [0, 0.1) is 20.0 Å². The van der Waals surface area contributed by atoms with E-state index in [9.17, 15) is 4.79 Å². The quantitative estimate of drug-likeness (QED) is 0.592. The van der Waals surface area contributed by atoms with Crippen LogP contribution in [-0.4, -0.2) is 5.97 Å². The Balaban J connectivity index is 1.99. The van der Waals surface area contributed by atoms with E-state index in [4.69, 9.17) is 9.78 Å². The molecule has 91 valence electrons. The van der Waals surface area contributed by atoms with Crippen LogP contribution in [0.4, 0.5) is 0 Å². The van der Waals surface area contributed by atoms with Crippen LogP contribution in [0.1, 0.15) is 47.2 Å². The average molecular weight is 233 g/mol. The maximum atomic E-state index is 11.9. The van der Waals surface area contributed by atoms with Crippen LogP contribution in [0.15, 0.2) is 18.2 Å². The van der Waals surface area contributed by atoms with Crippen LogP contribution in [-0.2, 0) is 9.78 Å². The van der Waals surface area contributed by atoms with Gasteiger partial charge < -0.3 is 0 Å². The Morgan fingerprint density at radius 1 is 1.12 bits per heavy atom. The fourth-order valence-electron chi connectivity index (χ4n) is 2.13.